The first kappa shape index (κ1) is 29.3. The molecule has 0 bridgehead atoms. The second-order valence-corrected chi connectivity index (χ2v) is 9.44. The number of thioether (sulfide) groups is 3. The van der Waals surface area contributed by atoms with E-state index in [4.69, 9.17) is 31.4 Å². The van der Waals surface area contributed by atoms with Crippen molar-refractivity contribution in [3.63, 3.8) is 0 Å². The summed E-state index contributed by atoms with van der Waals surface area (Å²) in [5.74, 6) is 0.244. The fourth-order valence-electron chi connectivity index (χ4n) is 2.02. The summed E-state index contributed by atoms with van der Waals surface area (Å²) < 4.78 is 15.6. The zero-order valence-electron chi connectivity index (χ0n) is 17.9. The molecule has 0 aliphatic carbocycles. The molecule has 0 aromatic rings. The standard InChI is InChI=1S/C18H35N3O6S3/c1-28-7-4-13(19)16(22)25-10-12(27-18(24)15(21)6-9-30-3)11-26-17(23)14(20)5-8-29-2/h12-15H,4-11,19-21H2,1-3H3/t13-,14-,15-/m0/s1. The van der Waals surface area contributed by atoms with Gasteiger partial charge in [0.1, 0.15) is 31.3 Å². The van der Waals surface area contributed by atoms with Crippen LogP contribution in [0.4, 0.5) is 0 Å². The van der Waals surface area contributed by atoms with Gasteiger partial charge in [0.05, 0.1) is 0 Å². The summed E-state index contributed by atoms with van der Waals surface area (Å²) >= 11 is 4.69. The predicted molar refractivity (Wildman–Crippen MR) is 125 cm³/mol. The number of carbonyl (C=O) groups is 3. The minimum Gasteiger partial charge on any atom is -0.460 e. The van der Waals surface area contributed by atoms with Crippen LogP contribution in [0.25, 0.3) is 0 Å². The molecule has 6 N–H and O–H groups in total. The normalized spacial score (nSPS) is 14.1. The highest BCUT2D eigenvalue weighted by Gasteiger charge is 2.25. The van der Waals surface area contributed by atoms with Gasteiger partial charge < -0.3 is 31.4 Å². The summed E-state index contributed by atoms with van der Waals surface area (Å²) in [4.78, 5) is 36.3. The Morgan fingerprint density at radius 3 is 1.33 bits per heavy atom. The van der Waals surface area contributed by atoms with Crippen LogP contribution in [-0.2, 0) is 28.6 Å². The molecule has 0 saturated heterocycles. The van der Waals surface area contributed by atoms with Crippen molar-refractivity contribution in [1.82, 2.24) is 0 Å². The Morgan fingerprint density at radius 2 is 1.00 bits per heavy atom. The summed E-state index contributed by atoms with van der Waals surface area (Å²) in [6, 6.07) is -2.38. The molecule has 0 aromatic carbocycles. The molecule has 0 rings (SSSR count). The van der Waals surface area contributed by atoms with Gasteiger partial charge in [-0.3, -0.25) is 14.4 Å². The number of ether oxygens (including phenoxy) is 3. The maximum atomic E-state index is 12.2. The van der Waals surface area contributed by atoms with E-state index in [0.717, 1.165) is 0 Å². The lowest BCUT2D eigenvalue weighted by molar-refractivity contribution is -0.168. The van der Waals surface area contributed by atoms with Crippen molar-refractivity contribution in [3.8, 4) is 0 Å². The fourth-order valence-corrected chi connectivity index (χ4v) is 3.49. The van der Waals surface area contributed by atoms with E-state index in [1.165, 1.54) is 0 Å². The number of hydrogen-bond donors (Lipinski definition) is 3. The van der Waals surface area contributed by atoms with E-state index in [9.17, 15) is 14.4 Å². The minimum absolute atomic E-state index is 0.292. The third-order valence-corrected chi connectivity index (χ3v) is 5.84. The van der Waals surface area contributed by atoms with Crippen LogP contribution in [0.1, 0.15) is 19.3 Å². The second-order valence-electron chi connectivity index (χ2n) is 6.48. The fraction of sp³-hybridized carbons (Fsp3) is 0.833. The monoisotopic (exact) mass is 485 g/mol. The lowest BCUT2D eigenvalue weighted by Gasteiger charge is -2.21. The van der Waals surface area contributed by atoms with Gasteiger partial charge in [0.15, 0.2) is 6.10 Å². The van der Waals surface area contributed by atoms with Gasteiger partial charge in [-0.2, -0.15) is 35.3 Å². The summed E-state index contributed by atoms with van der Waals surface area (Å²) in [6.45, 7) is -0.583. The molecule has 0 unspecified atom stereocenters. The summed E-state index contributed by atoms with van der Waals surface area (Å²) in [5.41, 5.74) is 17.4. The first-order chi connectivity index (χ1) is 14.3. The smallest absolute Gasteiger partial charge is 0.323 e. The average molecular weight is 486 g/mol. The Hall–Kier alpha value is -0.660. The van der Waals surface area contributed by atoms with Crippen molar-refractivity contribution >= 4 is 53.2 Å². The number of esters is 3. The molecule has 3 atom stereocenters. The molecule has 0 spiro atoms. The van der Waals surface area contributed by atoms with Crippen molar-refractivity contribution in [2.75, 3.05) is 49.2 Å². The van der Waals surface area contributed by atoms with Crippen molar-refractivity contribution < 1.29 is 28.6 Å². The van der Waals surface area contributed by atoms with Crippen molar-refractivity contribution in [2.24, 2.45) is 17.2 Å². The first-order valence-corrected chi connectivity index (χ1v) is 13.7. The molecule has 176 valence electrons. The molecule has 0 fully saturated rings. The lowest BCUT2D eigenvalue weighted by atomic mass is 10.2. The summed E-state index contributed by atoms with van der Waals surface area (Å²) in [5, 5.41) is 0. The molecule has 0 amide bonds. The maximum absolute atomic E-state index is 12.2. The zero-order chi connectivity index (χ0) is 22.9. The Morgan fingerprint density at radius 1 is 0.667 bits per heavy atom. The van der Waals surface area contributed by atoms with Crippen molar-refractivity contribution in [1.29, 1.82) is 0 Å². The quantitative estimate of drug-likeness (QED) is 0.190. The molecule has 0 saturated carbocycles. The molecule has 0 heterocycles. The Kier molecular flexibility index (Phi) is 17.6. The molecule has 0 radical (unpaired) electrons. The van der Waals surface area contributed by atoms with Gasteiger partial charge >= 0.3 is 17.9 Å². The topological polar surface area (TPSA) is 157 Å². The molecule has 30 heavy (non-hydrogen) atoms. The van der Waals surface area contributed by atoms with E-state index < -0.39 is 42.1 Å². The van der Waals surface area contributed by atoms with Crippen LogP contribution in [0.3, 0.4) is 0 Å². The highest BCUT2D eigenvalue weighted by molar-refractivity contribution is 7.98. The zero-order valence-corrected chi connectivity index (χ0v) is 20.3. The molecule has 0 aliphatic rings. The van der Waals surface area contributed by atoms with Crippen LogP contribution in [0, 0.1) is 0 Å². The van der Waals surface area contributed by atoms with Gasteiger partial charge in [-0.25, -0.2) is 0 Å². The molecule has 9 nitrogen and oxygen atoms in total. The van der Waals surface area contributed by atoms with Crippen molar-refractivity contribution in [3.05, 3.63) is 0 Å². The van der Waals surface area contributed by atoms with Gasteiger partial charge in [0.25, 0.3) is 0 Å². The van der Waals surface area contributed by atoms with Crippen LogP contribution in [0.2, 0.25) is 0 Å². The number of rotatable bonds is 17. The van der Waals surface area contributed by atoms with E-state index in [1.807, 2.05) is 18.8 Å². The number of carbonyl (C=O) groups excluding carboxylic acids is 3. The Balaban J connectivity index is 4.80. The first-order valence-electron chi connectivity index (χ1n) is 9.54. The van der Waals surface area contributed by atoms with E-state index in [2.05, 4.69) is 0 Å². The largest absolute Gasteiger partial charge is 0.460 e. The van der Waals surface area contributed by atoms with Crippen LogP contribution in [-0.4, -0.2) is 91.4 Å². The number of hydrogen-bond acceptors (Lipinski definition) is 12. The van der Waals surface area contributed by atoms with Crippen LogP contribution < -0.4 is 17.2 Å². The van der Waals surface area contributed by atoms with Gasteiger partial charge in [-0.15, -0.1) is 0 Å². The lowest BCUT2D eigenvalue weighted by Crippen LogP contribution is -2.41. The third kappa shape index (κ3) is 13.6. The van der Waals surface area contributed by atoms with Gasteiger partial charge in [-0.05, 0) is 55.3 Å². The van der Waals surface area contributed by atoms with E-state index >= 15 is 0 Å². The van der Waals surface area contributed by atoms with E-state index in [1.54, 1.807) is 35.3 Å². The van der Waals surface area contributed by atoms with E-state index in [0.29, 0.717) is 36.5 Å². The SMILES string of the molecule is CSCC[C@H](N)C(=O)OCC(COC(=O)[C@@H](N)CCSC)OC(=O)[C@@H](N)CCSC. The van der Waals surface area contributed by atoms with Gasteiger partial charge in [-0.1, -0.05) is 0 Å². The predicted octanol–water partition coefficient (Wildman–Crippen LogP) is 0.226. The van der Waals surface area contributed by atoms with Crippen LogP contribution in [0.5, 0.6) is 0 Å². The maximum Gasteiger partial charge on any atom is 0.323 e. The summed E-state index contributed by atoms with van der Waals surface area (Å²) in [7, 11) is 0. The Labute approximate surface area is 191 Å². The highest BCUT2D eigenvalue weighted by atomic mass is 32.2. The molecular weight excluding hydrogens is 450 g/mol. The Bertz CT molecular complexity index is 486. The van der Waals surface area contributed by atoms with Crippen LogP contribution in [0.15, 0.2) is 0 Å². The molecule has 0 aliphatic heterocycles. The highest BCUT2D eigenvalue weighted by Crippen LogP contribution is 2.07. The van der Waals surface area contributed by atoms with Crippen molar-refractivity contribution in [2.45, 2.75) is 43.5 Å². The second kappa shape index (κ2) is 18.0. The molecule has 12 heteroatoms. The van der Waals surface area contributed by atoms with E-state index in [-0.39, 0.29) is 13.2 Å². The molecule has 0 aromatic heterocycles. The average Bonchev–Trinajstić information content (AvgIpc) is 2.74. The van der Waals surface area contributed by atoms with Gasteiger partial charge in [0.2, 0.25) is 0 Å². The summed E-state index contributed by atoms with van der Waals surface area (Å²) in [6.07, 6.45) is 6.09. The molecular formula is C18H35N3O6S3. The minimum atomic E-state index is -0.994. The van der Waals surface area contributed by atoms with Crippen LogP contribution >= 0.6 is 35.3 Å². The number of nitrogens with two attached hydrogens (primary N) is 3. The van der Waals surface area contributed by atoms with Gasteiger partial charge in [0, 0.05) is 0 Å². The third-order valence-electron chi connectivity index (χ3n) is 3.91.